The van der Waals surface area contributed by atoms with Gasteiger partial charge in [-0.15, -0.1) is 0 Å². The number of carbonyl (C=O) groups is 9. The number of amides is 3. The van der Waals surface area contributed by atoms with Gasteiger partial charge in [-0.3, -0.25) is 33.7 Å². The van der Waals surface area contributed by atoms with Crippen LogP contribution in [0.25, 0.3) is 0 Å². The van der Waals surface area contributed by atoms with Crippen LogP contribution in [-0.2, 0) is 96.8 Å². The maximum Gasteiger partial charge on any atom is 0.410 e. The minimum absolute atomic E-state index is 0.0110. The van der Waals surface area contributed by atoms with Gasteiger partial charge >= 0.3 is 54.1 Å². The first-order chi connectivity index (χ1) is 68.8. The van der Waals surface area contributed by atoms with Gasteiger partial charge in [0, 0.05) is 117 Å². The summed E-state index contributed by atoms with van der Waals surface area (Å²) >= 11 is 0. The number of unbranched alkanes of at least 4 members (excludes halogenated alkanes) is 1. The first-order valence-corrected chi connectivity index (χ1v) is 53.3. The van der Waals surface area contributed by atoms with Crippen LogP contribution in [0.3, 0.4) is 0 Å². The third kappa shape index (κ3) is 82.4. The van der Waals surface area contributed by atoms with Crippen LogP contribution in [0.2, 0.25) is 0 Å². The molecule has 0 bridgehead atoms. The zero-order valence-electron chi connectivity index (χ0n) is 96.4. The average Bonchev–Trinajstić information content (AvgIpc) is 0.815. The summed E-state index contributed by atoms with van der Waals surface area (Å²) in [5, 5.41) is 94.1. The molecule has 4 heterocycles. The Morgan fingerprint density at radius 1 is 0.408 bits per heavy atom. The highest BCUT2D eigenvalue weighted by Gasteiger charge is 2.46. The van der Waals surface area contributed by atoms with E-state index in [0.29, 0.717) is 64.4 Å². The number of likely N-dealkylation sites (tertiary alicyclic amines) is 1. The van der Waals surface area contributed by atoms with Crippen LogP contribution in [-0.4, -0.2) is 441 Å². The van der Waals surface area contributed by atoms with E-state index in [0.717, 1.165) is 123 Å². The Hall–Kier alpha value is -6.91. The largest absolute Gasteiger partial charge is 0.463 e. The first-order valence-electron chi connectivity index (χ1n) is 53.3. The van der Waals surface area contributed by atoms with Crippen molar-refractivity contribution < 1.29 is 156 Å². The molecular formula is C107H208N8O32. The van der Waals surface area contributed by atoms with Crippen LogP contribution in [0, 0.1) is 23.2 Å². The zero-order valence-corrected chi connectivity index (χ0v) is 96.4. The Morgan fingerprint density at radius 3 is 1.18 bits per heavy atom. The minimum Gasteiger partial charge on any atom is -0.463 e. The van der Waals surface area contributed by atoms with Gasteiger partial charge in [-0.1, -0.05) is 65.0 Å². The van der Waals surface area contributed by atoms with E-state index >= 15 is 0 Å². The number of morpholine rings is 1. The zero-order chi connectivity index (χ0) is 114. The molecule has 0 aliphatic carbocycles. The lowest BCUT2D eigenvalue weighted by atomic mass is 9.87. The third-order valence-electron chi connectivity index (χ3n) is 21.7. The summed E-state index contributed by atoms with van der Waals surface area (Å²) in [5.41, 5.74) is 0.201. The van der Waals surface area contributed by atoms with Crippen molar-refractivity contribution in [2.24, 2.45) is 23.2 Å². The van der Waals surface area contributed by atoms with Crippen LogP contribution < -0.4 is 0 Å². The number of aliphatic hydroxyl groups excluding tert-OH is 10. The molecule has 1 aromatic rings. The molecule has 147 heavy (non-hydrogen) atoms. The van der Waals surface area contributed by atoms with Crippen molar-refractivity contribution in [3.8, 4) is 0 Å². The van der Waals surface area contributed by atoms with Gasteiger partial charge in [-0.25, -0.2) is 14.4 Å². The first kappa shape index (κ1) is 149. The van der Waals surface area contributed by atoms with Crippen molar-refractivity contribution in [2.75, 3.05) is 187 Å². The molecule has 1 aromatic carbocycles. The van der Waals surface area contributed by atoms with Crippen LogP contribution in [0.4, 0.5) is 14.4 Å². The molecule has 3 amide bonds. The van der Waals surface area contributed by atoms with Gasteiger partial charge in [-0.05, 0) is 288 Å². The van der Waals surface area contributed by atoms with Crippen LogP contribution in [0.15, 0.2) is 30.3 Å². The summed E-state index contributed by atoms with van der Waals surface area (Å²) in [4.78, 5) is 118. The van der Waals surface area contributed by atoms with Crippen LogP contribution in [0.5, 0.6) is 0 Å². The van der Waals surface area contributed by atoms with Gasteiger partial charge in [0.2, 0.25) is 0 Å². The molecule has 4 saturated heterocycles. The molecular weight excluding hydrogens is 1910 g/mol. The normalized spacial score (nSPS) is 19.1. The van der Waals surface area contributed by atoms with E-state index in [1.54, 1.807) is 100 Å². The summed E-state index contributed by atoms with van der Waals surface area (Å²) in [6, 6.07) is 9.95. The number of aryl methyl sites for hydroxylation is 1. The van der Waals surface area contributed by atoms with E-state index in [9.17, 15) is 73.8 Å². The molecule has 0 radical (unpaired) electrons. The van der Waals surface area contributed by atoms with E-state index in [1.807, 2.05) is 140 Å². The quantitative estimate of drug-likeness (QED) is 0.0165. The van der Waals surface area contributed by atoms with Gasteiger partial charge in [-0.2, -0.15) is 0 Å². The summed E-state index contributed by atoms with van der Waals surface area (Å²) < 4.78 is 66.1. The van der Waals surface area contributed by atoms with Crippen LogP contribution >= 0.6 is 0 Å². The number of nitrogens with zero attached hydrogens (tertiary/aromatic N) is 8. The maximum atomic E-state index is 11.5. The number of carbonyl (C=O) groups excluding carboxylic acids is 9. The summed E-state index contributed by atoms with van der Waals surface area (Å²) in [7, 11) is 11.4. The molecule has 11 atom stereocenters. The molecule has 4 fully saturated rings. The van der Waals surface area contributed by atoms with E-state index < -0.39 is 84.4 Å². The fraction of sp³-hybridized carbons (Fsp3) is 0.860. The van der Waals surface area contributed by atoms with Crippen molar-refractivity contribution in [1.29, 1.82) is 0 Å². The predicted molar refractivity (Wildman–Crippen MR) is 568 cm³/mol. The van der Waals surface area contributed by atoms with Gasteiger partial charge in [0.05, 0.1) is 143 Å². The second kappa shape index (κ2) is 89.6. The number of piperidine rings is 1. The topological polar surface area (TPSA) is 502 Å². The number of hydrogen-bond donors (Lipinski definition) is 10. The van der Waals surface area contributed by atoms with Gasteiger partial charge in [0.25, 0.3) is 0 Å². The van der Waals surface area contributed by atoms with E-state index in [1.165, 1.54) is 36.4 Å². The highest BCUT2D eigenvalue weighted by molar-refractivity contribution is 5.77. The molecule has 0 aromatic heterocycles. The Labute approximate surface area is 883 Å². The standard InChI is InChI=1S/C13H27NO3.2C12H22O6.C12H16O2.C11H22N2O3.C11H23NO.C9H20N2O2.C9H19NO3.C9H19NO2.C9H18O4/c1-4-8-14(10-11-15)9-6-5-7-13(16)17-12(2)3;2*1-4-8-11(15)10(14)7(12(16)18-8)5-9(13)17-6(2)3;1-10(2)14-12(13)9-8-11-6-4-3-5-7-11;1-10(2)16-11(14)12(3)4-5-13-6-8-15-9-7-13;1-10(2)13-9-8-12-6-4-11(3)5-7-12;1-8(2)13-9(12)11(5)7-6-10(3)4;1-4-5-10(6-7-11)9(12)13-8(2)3;1-8(2)12-9(11)6-5-7-10(3)4;1-7(2)13-8(12)9(3,6-11)4-5-10/h12,15H,4-11H2,1-3H3;2*6-8,10-12,14-16H,4-5H2,1-3H3;3-7,10H,8-9H2,1-2H3;10H,4-9H2,1-3H3;10-11H,4-9H2,1-3H3;8H,6-7H2,1-5H3;8,11H,4-7H2,1-3H3;8H,5-7H2,1-4H3;7,10-11H,4-6H2,1-3H3/t;7?,8-,10-,11-,12?;;;;;;;;/m.1......../s1. The van der Waals surface area contributed by atoms with E-state index in [4.69, 9.17) is 82.0 Å². The number of aliphatic hydroxyl groups is 10. The van der Waals surface area contributed by atoms with Crippen molar-refractivity contribution in [3.63, 3.8) is 0 Å². The van der Waals surface area contributed by atoms with Crippen molar-refractivity contribution >= 4 is 54.1 Å². The molecule has 10 N–H and O–H groups in total. The van der Waals surface area contributed by atoms with Gasteiger partial charge in [0.15, 0.2) is 12.6 Å². The van der Waals surface area contributed by atoms with Crippen molar-refractivity contribution in [1.82, 2.24) is 39.2 Å². The number of benzene rings is 1. The summed E-state index contributed by atoms with van der Waals surface area (Å²) in [5.74, 6) is -2.64. The number of rotatable bonds is 49. The molecule has 40 nitrogen and oxygen atoms in total. The lowest BCUT2D eigenvalue weighted by Crippen LogP contribution is -2.54. The Balaban J connectivity index is -0.000000510. The lowest BCUT2D eigenvalue weighted by Gasteiger charge is -2.40. The smallest absolute Gasteiger partial charge is 0.410 e. The predicted octanol–water partition coefficient (Wildman–Crippen LogP) is 10.8. The molecule has 8 unspecified atom stereocenters. The van der Waals surface area contributed by atoms with E-state index in [-0.39, 0.29) is 137 Å². The molecule has 5 rings (SSSR count). The number of hydrogen-bond acceptors (Lipinski definition) is 37. The fourth-order valence-electron chi connectivity index (χ4n) is 13.7. The number of ether oxygens (including phenoxy) is 13. The molecule has 0 spiro atoms. The fourth-order valence-corrected chi connectivity index (χ4v) is 13.7. The van der Waals surface area contributed by atoms with Gasteiger partial charge in [0.1, 0.15) is 12.2 Å². The number of esters is 6. The minimum atomic E-state index is -1.27. The molecule has 868 valence electrons. The Bertz CT molecular complexity index is 3350. The Morgan fingerprint density at radius 2 is 0.803 bits per heavy atom. The maximum absolute atomic E-state index is 11.5. The van der Waals surface area contributed by atoms with Crippen molar-refractivity contribution in [2.45, 2.75) is 393 Å². The average molecular weight is 2120 g/mol. The highest BCUT2D eigenvalue weighted by atomic mass is 16.6. The third-order valence-corrected chi connectivity index (χ3v) is 21.7. The molecule has 0 saturated carbocycles. The second-order valence-electron chi connectivity index (χ2n) is 40.5. The van der Waals surface area contributed by atoms with Crippen molar-refractivity contribution in [3.05, 3.63) is 35.9 Å². The summed E-state index contributed by atoms with van der Waals surface area (Å²) in [6.07, 6.45) is 0.636. The highest BCUT2D eigenvalue weighted by Crippen LogP contribution is 2.32. The Kier molecular flexibility index (Phi) is 90.5. The monoisotopic (exact) mass is 2120 g/mol. The van der Waals surface area contributed by atoms with Gasteiger partial charge < -0.3 is 147 Å². The number of likely N-dealkylation sites (N-methyl/N-ethyl adjacent to an activating group) is 3. The summed E-state index contributed by atoms with van der Waals surface area (Å²) in [6.45, 7) is 63.8. The van der Waals surface area contributed by atoms with E-state index in [2.05, 4.69) is 47.3 Å². The molecule has 40 heteroatoms. The SMILES string of the molecule is CC(C)OC(=O)C(C)(CO)CCO.CC(C)OC(=O)CCCN(C)C.CC(C)OC(=O)CCc1ccccc1.CC(C)OC(=O)N(C)CCN(C)C.CC(C)OC(=O)N(C)CCN1CCOCC1.CC1CCN(CCOC(C)C)CC1.CCC1OC(O)C(CC(=O)OC(C)C)C(O)C1O.CCCN(CCO)C(=O)OC(C)C.CCCN(CCO)CCCCC(=O)OC(C)C.CC[C@H]1OC(O)C(CC(=O)OC(C)C)[C@@H](O)[C@@H]1O. The lowest BCUT2D eigenvalue weighted by molar-refractivity contribution is -0.265. The van der Waals surface area contributed by atoms with Crippen LogP contribution in [0.1, 0.15) is 282 Å². The second-order valence-corrected chi connectivity index (χ2v) is 40.5. The molecule has 4 aliphatic rings. The molecule has 4 aliphatic heterocycles.